The van der Waals surface area contributed by atoms with Gasteiger partial charge in [-0.3, -0.25) is 0 Å². The molecule has 0 aromatic heterocycles. The molecule has 0 fully saturated rings. The summed E-state index contributed by atoms with van der Waals surface area (Å²) in [5.74, 6) is 0.215. The first-order valence-corrected chi connectivity index (χ1v) is 10.1. The third kappa shape index (κ3) is 6.24. The highest BCUT2D eigenvalue weighted by Crippen LogP contribution is 2.19. The van der Waals surface area contributed by atoms with Crippen LogP contribution in [0.2, 0.25) is 5.02 Å². The van der Waals surface area contributed by atoms with Crippen molar-refractivity contribution >= 4 is 33.4 Å². The van der Waals surface area contributed by atoms with Crippen molar-refractivity contribution in [2.45, 2.75) is 26.4 Å². The Bertz CT molecular complexity index is 867. The molecule has 6 nitrogen and oxygen atoms in total. The first-order chi connectivity index (χ1) is 12.1. The van der Waals surface area contributed by atoms with Crippen LogP contribution in [0.4, 0.5) is 10.5 Å². The van der Waals surface area contributed by atoms with Gasteiger partial charge in [-0.25, -0.2) is 4.79 Å². The molecule has 8 heteroatoms. The summed E-state index contributed by atoms with van der Waals surface area (Å²) in [5.41, 5.74) is 1.39. The quantitative estimate of drug-likeness (QED) is 0.745. The lowest BCUT2D eigenvalue weighted by Crippen LogP contribution is -2.39. The van der Waals surface area contributed by atoms with E-state index in [1.165, 1.54) is 0 Å². The Morgan fingerprint density at radius 1 is 1.19 bits per heavy atom. The molecule has 0 spiro atoms. The molecule has 0 radical (unpaired) electrons. The van der Waals surface area contributed by atoms with Crippen LogP contribution >= 0.6 is 11.6 Å². The van der Waals surface area contributed by atoms with Gasteiger partial charge in [-0.1, -0.05) is 23.7 Å². The average Bonchev–Trinajstić information content (AvgIpc) is 2.53. The summed E-state index contributed by atoms with van der Waals surface area (Å²) < 4.78 is 27.4. The highest BCUT2D eigenvalue weighted by atomic mass is 35.5. The maximum atomic E-state index is 12.6. The first-order valence-electron chi connectivity index (χ1n) is 7.95. The number of amides is 2. The molecule has 0 heterocycles. The molecular formula is C18H21ClN2O4S. The van der Waals surface area contributed by atoms with E-state index in [-0.39, 0.29) is 17.8 Å². The number of anilines is 1. The van der Waals surface area contributed by atoms with Crippen LogP contribution in [0.15, 0.2) is 48.5 Å². The number of hydrogen-bond donors (Lipinski definition) is 1. The number of carbonyl (C=O) groups excluding carboxylic acids is 1. The van der Waals surface area contributed by atoms with Crippen LogP contribution in [0.1, 0.15) is 19.4 Å². The zero-order chi connectivity index (χ0) is 19.3. The van der Waals surface area contributed by atoms with Crippen LogP contribution in [0.3, 0.4) is 0 Å². The Balaban J connectivity index is 2.13. The van der Waals surface area contributed by atoms with E-state index in [1.54, 1.807) is 53.4 Å². The van der Waals surface area contributed by atoms with Crippen molar-refractivity contribution in [3.8, 4) is 5.75 Å². The van der Waals surface area contributed by atoms with Gasteiger partial charge in [0.25, 0.3) is 0 Å². The number of halogens is 1. The van der Waals surface area contributed by atoms with Crippen LogP contribution in [-0.2, 0) is 16.7 Å². The number of carbonyl (C=O) groups is 1. The molecule has 2 aromatic rings. The summed E-state index contributed by atoms with van der Waals surface area (Å²) in [4.78, 5) is 14.2. The Morgan fingerprint density at radius 3 is 2.42 bits per heavy atom. The van der Waals surface area contributed by atoms with E-state index in [9.17, 15) is 13.2 Å². The summed E-state index contributed by atoms with van der Waals surface area (Å²) in [5, 5.41) is 3.41. The van der Waals surface area contributed by atoms with E-state index in [2.05, 4.69) is 5.32 Å². The molecule has 2 aromatic carbocycles. The number of benzene rings is 2. The Labute approximate surface area is 158 Å². The van der Waals surface area contributed by atoms with Gasteiger partial charge in [-0.05, 0) is 55.8 Å². The van der Waals surface area contributed by atoms with Crippen LogP contribution in [-0.4, -0.2) is 31.6 Å². The fourth-order valence-electron chi connectivity index (χ4n) is 2.28. The van der Waals surface area contributed by atoms with Crippen LogP contribution < -0.4 is 9.50 Å². The van der Waals surface area contributed by atoms with Crippen molar-refractivity contribution in [3.63, 3.8) is 0 Å². The molecule has 0 unspecified atom stereocenters. The second kappa shape index (κ2) is 8.42. The largest absolute Gasteiger partial charge is 0.383 e. The van der Waals surface area contributed by atoms with E-state index in [0.29, 0.717) is 17.3 Å². The zero-order valence-corrected chi connectivity index (χ0v) is 16.3. The highest BCUT2D eigenvalue weighted by Gasteiger charge is 2.18. The number of nitrogens with one attached hydrogen (secondary N) is 1. The first kappa shape index (κ1) is 20.1. The van der Waals surface area contributed by atoms with Gasteiger partial charge in [0.2, 0.25) is 0 Å². The van der Waals surface area contributed by atoms with Crippen LogP contribution in [0.25, 0.3) is 0 Å². The number of rotatable bonds is 6. The van der Waals surface area contributed by atoms with E-state index in [1.807, 2.05) is 13.8 Å². The molecule has 0 saturated carbocycles. The Kier molecular flexibility index (Phi) is 6.50. The fourth-order valence-corrected chi connectivity index (χ4v) is 2.86. The predicted molar refractivity (Wildman–Crippen MR) is 103 cm³/mol. The van der Waals surface area contributed by atoms with Gasteiger partial charge < -0.3 is 14.4 Å². The lowest BCUT2D eigenvalue weighted by atomic mass is 10.2. The van der Waals surface area contributed by atoms with Crippen LogP contribution in [0, 0.1) is 0 Å². The minimum absolute atomic E-state index is 0.0678. The molecule has 0 bridgehead atoms. The number of urea groups is 1. The second-order valence-corrected chi connectivity index (χ2v) is 8.10. The molecule has 0 aliphatic rings. The van der Waals surface area contributed by atoms with Crippen molar-refractivity contribution in [3.05, 3.63) is 59.1 Å². The summed E-state index contributed by atoms with van der Waals surface area (Å²) >= 11 is 5.85. The molecule has 26 heavy (non-hydrogen) atoms. The van der Waals surface area contributed by atoms with Gasteiger partial charge in [-0.2, -0.15) is 8.42 Å². The van der Waals surface area contributed by atoms with Crippen molar-refractivity contribution < 1.29 is 17.4 Å². The van der Waals surface area contributed by atoms with Crippen molar-refractivity contribution in [2.75, 3.05) is 11.6 Å². The monoisotopic (exact) mass is 396 g/mol. The average molecular weight is 397 g/mol. The van der Waals surface area contributed by atoms with Gasteiger partial charge in [0.05, 0.1) is 6.26 Å². The normalized spacial score (nSPS) is 11.3. The smallest absolute Gasteiger partial charge is 0.322 e. The van der Waals surface area contributed by atoms with Gasteiger partial charge in [0, 0.05) is 23.3 Å². The third-order valence-corrected chi connectivity index (χ3v) is 4.23. The minimum Gasteiger partial charge on any atom is -0.383 e. The van der Waals surface area contributed by atoms with Gasteiger partial charge in [-0.15, -0.1) is 0 Å². The fraction of sp³-hybridized carbons (Fsp3) is 0.278. The van der Waals surface area contributed by atoms with Crippen molar-refractivity contribution in [1.82, 2.24) is 4.90 Å². The highest BCUT2D eigenvalue weighted by molar-refractivity contribution is 7.86. The summed E-state index contributed by atoms with van der Waals surface area (Å²) in [7, 11) is -3.60. The molecule has 1 N–H and O–H groups in total. The maximum Gasteiger partial charge on any atom is 0.322 e. The second-order valence-electron chi connectivity index (χ2n) is 6.09. The summed E-state index contributed by atoms with van der Waals surface area (Å²) in [6, 6.07) is 13.2. The lowest BCUT2D eigenvalue weighted by molar-refractivity contribution is 0.193. The molecule has 2 amide bonds. The molecule has 0 aliphatic heterocycles. The molecule has 2 rings (SSSR count). The SMILES string of the molecule is CC(C)N(Cc1cccc(OS(C)(=O)=O)c1)C(=O)Nc1ccc(Cl)cc1. The Morgan fingerprint density at radius 2 is 1.85 bits per heavy atom. The molecule has 0 aliphatic carbocycles. The molecule has 140 valence electrons. The third-order valence-electron chi connectivity index (χ3n) is 3.48. The van der Waals surface area contributed by atoms with Crippen molar-refractivity contribution in [2.24, 2.45) is 0 Å². The van der Waals surface area contributed by atoms with Gasteiger partial charge in [0.1, 0.15) is 5.75 Å². The van der Waals surface area contributed by atoms with Crippen LogP contribution in [0.5, 0.6) is 5.75 Å². The van der Waals surface area contributed by atoms with Gasteiger partial charge in [0.15, 0.2) is 0 Å². The Hall–Kier alpha value is -2.25. The predicted octanol–water partition coefficient (Wildman–Crippen LogP) is 4.12. The molecular weight excluding hydrogens is 376 g/mol. The van der Waals surface area contributed by atoms with E-state index in [4.69, 9.17) is 15.8 Å². The summed E-state index contributed by atoms with van der Waals surface area (Å²) in [6.45, 7) is 4.11. The molecule has 0 atom stereocenters. The van der Waals surface area contributed by atoms with Crippen molar-refractivity contribution in [1.29, 1.82) is 0 Å². The van der Waals surface area contributed by atoms with E-state index < -0.39 is 10.1 Å². The summed E-state index contributed by atoms with van der Waals surface area (Å²) in [6.07, 6.45) is 0.986. The number of hydrogen-bond acceptors (Lipinski definition) is 4. The minimum atomic E-state index is -3.60. The lowest BCUT2D eigenvalue weighted by Gasteiger charge is -2.27. The topological polar surface area (TPSA) is 75.7 Å². The number of nitrogens with zero attached hydrogens (tertiary/aromatic N) is 1. The van der Waals surface area contributed by atoms with Gasteiger partial charge >= 0.3 is 16.1 Å². The van der Waals surface area contributed by atoms with E-state index >= 15 is 0 Å². The zero-order valence-electron chi connectivity index (χ0n) is 14.8. The molecule has 0 saturated heterocycles. The van der Waals surface area contributed by atoms with E-state index in [0.717, 1.165) is 11.8 Å². The standard InChI is InChI=1S/C18H21ClN2O4S/c1-13(2)21(18(22)20-16-9-7-15(19)8-10-16)12-14-5-4-6-17(11-14)25-26(3,23)24/h4-11,13H,12H2,1-3H3,(H,20,22). The maximum absolute atomic E-state index is 12.6.